The maximum absolute atomic E-state index is 13.5. The lowest BCUT2D eigenvalue weighted by molar-refractivity contribution is -0.170. The fourth-order valence-electron chi connectivity index (χ4n) is 9.21. The third kappa shape index (κ3) is 31.4. The zero-order chi connectivity index (χ0) is 69.3. The van der Waals surface area contributed by atoms with Crippen LogP contribution in [0.15, 0.2) is 127 Å². The van der Waals surface area contributed by atoms with Crippen LogP contribution in [-0.2, 0) is 114 Å². The Kier molecular flexibility index (Phi) is 36.5. The molecule has 0 saturated heterocycles. The molecule has 2 aliphatic rings. The highest BCUT2D eigenvalue weighted by Gasteiger charge is 2.43. The summed E-state index contributed by atoms with van der Waals surface area (Å²) in [5.41, 5.74) is -6.43. The number of rotatable bonds is 46. The SMILES string of the molecule is C=CC(=O)OCC(COCC(COC(=O)C=C)(COC(=O)C=C)COC(=O)NC1CCC(CC2CCC(NC(=O)OCC(COCC(COC(=O)C=C)(COC(=O)C=C)COC(=O)C=C)(COC(=O)C=C)COC(=O)C=C)CC2)CC1)(COC(=O)C=C)COC(=O)C=C. The van der Waals surface area contributed by atoms with E-state index in [4.69, 9.17) is 66.3 Å². The van der Waals surface area contributed by atoms with Gasteiger partial charge in [0.15, 0.2) is 0 Å². The molecule has 28 nitrogen and oxygen atoms in total. The van der Waals surface area contributed by atoms with Gasteiger partial charge in [0.25, 0.3) is 0 Å². The number of alkyl carbamates (subject to hydrolysis) is 2. The minimum Gasteiger partial charge on any atom is -0.462 e. The first kappa shape index (κ1) is 79.7. The molecule has 0 aromatic carbocycles. The largest absolute Gasteiger partial charge is 0.462 e. The maximum Gasteiger partial charge on any atom is 0.407 e. The average molecular weight is 1310 g/mol. The minimum atomic E-state index is -1.63. The van der Waals surface area contributed by atoms with Crippen molar-refractivity contribution in [1.29, 1.82) is 0 Å². The summed E-state index contributed by atoms with van der Waals surface area (Å²) in [5.74, 6) is -8.18. The Morgan fingerprint density at radius 2 is 0.419 bits per heavy atom. The Bertz CT molecular complexity index is 2330. The molecular weight excluding hydrogens is 1220 g/mol. The summed E-state index contributed by atoms with van der Waals surface area (Å²) in [6, 6.07) is -0.589. The Balaban J connectivity index is 2.18. The van der Waals surface area contributed by atoms with Crippen molar-refractivity contribution in [2.45, 2.75) is 69.9 Å². The van der Waals surface area contributed by atoms with E-state index in [-0.39, 0.29) is 12.1 Å². The van der Waals surface area contributed by atoms with Gasteiger partial charge in [0.2, 0.25) is 0 Å². The zero-order valence-corrected chi connectivity index (χ0v) is 52.4. The van der Waals surface area contributed by atoms with E-state index >= 15 is 0 Å². The molecule has 2 amide bonds. The third-order valence-corrected chi connectivity index (χ3v) is 14.5. The van der Waals surface area contributed by atoms with Gasteiger partial charge in [-0.3, -0.25) is 0 Å². The van der Waals surface area contributed by atoms with Gasteiger partial charge in [-0.15, -0.1) is 0 Å². The molecule has 0 aliphatic heterocycles. The second-order valence-electron chi connectivity index (χ2n) is 22.2. The van der Waals surface area contributed by atoms with Gasteiger partial charge in [-0.1, -0.05) is 65.8 Å². The highest BCUT2D eigenvalue weighted by molar-refractivity contribution is 5.84. The van der Waals surface area contributed by atoms with E-state index in [1.807, 2.05) is 0 Å². The Morgan fingerprint density at radius 3 is 0.581 bits per heavy atom. The summed E-state index contributed by atoms with van der Waals surface area (Å²) >= 11 is 0. The summed E-state index contributed by atoms with van der Waals surface area (Å²) in [4.78, 5) is 150. The quantitative estimate of drug-likeness (QED) is 0.0448. The van der Waals surface area contributed by atoms with Gasteiger partial charge >= 0.3 is 71.9 Å². The number of nitrogens with one attached hydrogen (secondary N) is 2. The topological polar surface area (TPSA) is 358 Å². The smallest absolute Gasteiger partial charge is 0.407 e. The molecule has 0 bridgehead atoms. The van der Waals surface area contributed by atoms with Crippen molar-refractivity contribution in [2.75, 3.05) is 106 Å². The van der Waals surface area contributed by atoms with Crippen LogP contribution < -0.4 is 10.6 Å². The van der Waals surface area contributed by atoms with Crippen LogP contribution in [0.4, 0.5) is 9.59 Å². The second-order valence-corrected chi connectivity index (χ2v) is 22.2. The van der Waals surface area contributed by atoms with E-state index in [1.165, 1.54) is 0 Å². The molecule has 0 spiro atoms. The molecule has 2 aliphatic carbocycles. The number of ether oxygens (including phenoxy) is 14. The maximum atomic E-state index is 13.5. The molecule has 28 heteroatoms. The summed E-state index contributed by atoms with van der Waals surface area (Å²) in [5, 5.41) is 5.76. The average Bonchev–Trinajstić information content (AvgIpc) is 2.91. The first-order chi connectivity index (χ1) is 44.4. The van der Waals surface area contributed by atoms with Crippen molar-refractivity contribution in [1.82, 2.24) is 10.6 Å². The van der Waals surface area contributed by atoms with E-state index in [9.17, 15) is 57.5 Å². The van der Waals surface area contributed by atoms with Crippen LogP contribution in [0.1, 0.15) is 57.8 Å². The van der Waals surface area contributed by atoms with Gasteiger partial charge in [-0.05, 0) is 69.6 Å². The van der Waals surface area contributed by atoms with Crippen LogP contribution >= 0.6 is 0 Å². The van der Waals surface area contributed by atoms with Gasteiger partial charge in [0.1, 0.15) is 79.3 Å². The summed E-state index contributed by atoms with van der Waals surface area (Å²) in [7, 11) is 0. The third-order valence-electron chi connectivity index (χ3n) is 14.5. The predicted octanol–water partition coefficient (Wildman–Crippen LogP) is 5.22. The van der Waals surface area contributed by atoms with E-state index in [1.54, 1.807) is 0 Å². The molecule has 0 unspecified atom stereocenters. The first-order valence-electron chi connectivity index (χ1n) is 29.3. The van der Waals surface area contributed by atoms with Crippen molar-refractivity contribution < 1.29 is 124 Å². The van der Waals surface area contributed by atoms with Gasteiger partial charge in [0, 0.05) is 72.8 Å². The summed E-state index contributed by atoms with van der Waals surface area (Å²) < 4.78 is 76.8. The number of esters is 10. The van der Waals surface area contributed by atoms with Crippen molar-refractivity contribution in [2.24, 2.45) is 33.5 Å². The molecule has 2 N–H and O–H groups in total. The van der Waals surface area contributed by atoms with Crippen molar-refractivity contribution >= 4 is 71.9 Å². The molecule has 0 atom stereocenters. The fourth-order valence-corrected chi connectivity index (χ4v) is 9.21. The van der Waals surface area contributed by atoms with E-state index in [0.29, 0.717) is 37.5 Å². The van der Waals surface area contributed by atoms with Crippen molar-refractivity contribution in [3.63, 3.8) is 0 Å². The van der Waals surface area contributed by atoms with Gasteiger partial charge in [-0.2, -0.15) is 0 Å². The lowest BCUT2D eigenvalue weighted by Gasteiger charge is -2.36. The Hall–Kier alpha value is -9.44. The molecular formula is C65H86N2O26. The van der Waals surface area contributed by atoms with E-state index in [2.05, 4.69) is 76.4 Å². The lowest BCUT2D eigenvalue weighted by Crippen LogP contribution is -2.48. The second kappa shape index (κ2) is 42.6. The number of hydrogen-bond donors (Lipinski definition) is 2. The van der Waals surface area contributed by atoms with Crippen molar-refractivity contribution in [3.05, 3.63) is 127 Å². The molecule has 512 valence electrons. The fraction of sp³-hybridized carbons (Fsp3) is 0.508. The molecule has 0 radical (unpaired) electrons. The minimum absolute atomic E-state index is 0.295. The number of carbonyl (C=O) groups excluding carboxylic acids is 12. The standard InChI is InChI=1S/C65H86N2O26/c1-11-50(68)82-34-62(35-83-51(69)12-2,36-84-52(70)13-3)30-80-32-64(40-88-56(74)17-7,41-89-57(75)18-8)44-92-60(78)66-48-25-21-46(22-26-48)29-47-23-27-49(28-24-47)67-61(79)93-45-65(42-90-58(76)19-9,43-91-59(77)20-10)33-81-31-63(37-85-53(71)14-4,38-86-54(72)15-5)39-87-55(73)16-6/h11-20,46-49H,1-10,21-45H2,(H,66,78)(H,67,79). The highest BCUT2D eigenvalue weighted by atomic mass is 16.6. The van der Waals surface area contributed by atoms with Crippen LogP contribution in [0.3, 0.4) is 0 Å². The molecule has 2 saturated carbocycles. The summed E-state index contributed by atoms with van der Waals surface area (Å²) in [6.07, 6.45) is 13.4. The normalized spacial score (nSPS) is 16.1. The summed E-state index contributed by atoms with van der Waals surface area (Å²) in [6.45, 7) is 25.2. The van der Waals surface area contributed by atoms with Crippen LogP contribution in [0.25, 0.3) is 0 Å². The highest BCUT2D eigenvalue weighted by Crippen LogP contribution is 2.36. The monoisotopic (exact) mass is 1310 g/mol. The molecule has 2 rings (SSSR count). The lowest BCUT2D eigenvalue weighted by atomic mass is 9.76. The first-order valence-corrected chi connectivity index (χ1v) is 29.3. The number of amides is 2. The molecule has 2 fully saturated rings. The van der Waals surface area contributed by atoms with Crippen LogP contribution in [0.2, 0.25) is 0 Å². The van der Waals surface area contributed by atoms with Crippen LogP contribution in [0.5, 0.6) is 0 Å². The number of hydrogen-bond acceptors (Lipinski definition) is 26. The van der Waals surface area contributed by atoms with Gasteiger partial charge in [0.05, 0.1) is 48.1 Å². The Labute approximate surface area is 540 Å². The van der Waals surface area contributed by atoms with Crippen LogP contribution in [0, 0.1) is 33.5 Å². The zero-order valence-electron chi connectivity index (χ0n) is 52.4. The van der Waals surface area contributed by atoms with Gasteiger partial charge < -0.3 is 76.9 Å². The molecule has 0 aromatic heterocycles. The predicted molar refractivity (Wildman–Crippen MR) is 328 cm³/mol. The van der Waals surface area contributed by atoms with E-state index in [0.717, 1.165) is 92.9 Å². The molecule has 0 aromatic rings. The van der Waals surface area contributed by atoms with Gasteiger partial charge in [-0.25, -0.2) is 57.5 Å². The Morgan fingerprint density at radius 1 is 0.258 bits per heavy atom. The number of carbonyl (C=O) groups is 12. The molecule has 93 heavy (non-hydrogen) atoms. The van der Waals surface area contributed by atoms with E-state index < -0.39 is 199 Å². The van der Waals surface area contributed by atoms with Crippen LogP contribution in [-0.4, -0.2) is 190 Å². The molecule has 0 heterocycles. The van der Waals surface area contributed by atoms with Crippen molar-refractivity contribution in [3.8, 4) is 0 Å².